The Morgan fingerprint density at radius 1 is 0.947 bits per heavy atom. The second kappa shape index (κ2) is 4.99. The Bertz CT molecular complexity index is 319. The van der Waals surface area contributed by atoms with Crippen LogP contribution in [-0.4, -0.2) is 73.4 Å². The molecule has 1 atom stereocenters. The van der Waals surface area contributed by atoms with Crippen molar-refractivity contribution < 1.29 is 4.74 Å². The van der Waals surface area contributed by atoms with Gasteiger partial charge in [0, 0.05) is 58.0 Å². The fourth-order valence-electron chi connectivity index (χ4n) is 4.23. The molecule has 1 aliphatic carbocycles. The summed E-state index contributed by atoms with van der Waals surface area (Å²) in [5.74, 6) is 0. The van der Waals surface area contributed by atoms with Gasteiger partial charge in [-0.25, -0.2) is 0 Å². The number of hydrogen-bond donors (Lipinski definition) is 1. The minimum atomic E-state index is 0.304. The van der Waals surface area contributed by atoms with Crippen LogP contribution in [0, 0.1) is 0 Å². The minimum Gasteiger partial charge on any atom is -0.375 e. The number of ether oxygens (including phenoxy) is 1. The molecule has 3 heterocycles. The molecule has 0 bridgehead atoms. The van der Waals surface area contributed by atoms with Crippen LogP contribution in [0.25, 0.3) is 0 Å². The summed E-state index contributed by atoms with van der Waals surface area (Å²) in [6.07, 6.45) is 6.58. The molecule has 4 nitrogen and oxygen atoms in total. The molecule has 1 N–H and O–H groups in total. The second-order valence-electron chi connectivity index (χ2n) is 6.92. The molecule has 4 fully saturated rings. The minimum absolute atomic E-state index is 0.304. The average Bonchev–Trinajstić information content (AvgIpc) is 2.36. The van der Waals surface area contributed by atoms with Crippen molar-refractivity contribution in [2.75, 3.05) is 45.9 Å². The first kappa shape index (κ1) is 12.6. The van der Waals surface area contributed by atoms with Crippen LogP contribution in [0.5, 0.6) is 0 Å². The van der Waals surface area contributed by atoms with Gasteiger partial charge in [-0.1, -0.05) is 0 Å². The van der Waals surface area contributed by atoms with E-state index in [9.17, 15) is 0 Å². The maximum absolute atomic E-state index is 6.06. The van der Waals surface area contributed by atoms with Gasteiger partial charge in [0.2, 0.25) is 0 Å². The number of rotatable bonds is 2. The molecule has 0 aromatic rings. The molecule has 1 unspecified atom stereocenters. The van der Waals surface area contributed by atoms with Gasteiger partial charge in [-0.2, -0.15) is 0 Å². The predicted molar refractivity (Wildman–Crippen MR) is 75.4 cm³/mol. The number of nitrogens with zero attached hydrogens (tertiary/aromatic N) is 2. The highest BCUT2D eigenvalue weighted by Gasteiger charge is 2.44. The van der Waals surface area contributed by atoms with Crippen LogP contribution in [-0.2, 0) is 4.74 Å². The molecule has 0 radical (unpaired) electrons. The molecular formula is C15H27N3O. The average molecular weight is 265 g/mol. The first-order valence-electron chi connectivity index (χ1n) is 8.17. The molecule has 1 spiro atoms. The first-order valence-corrected chi connectivity index (χ1v) is 8.17. The van der Waals surface area contributed by atoms with E-state index in [2.05, 4.69) is 15.1 Å². The zero-order chi connectivity index (χ0) is 12.7. The molecule has 3 aliphatic heterocycles. The number of hydrogen-bond acceptors (Lipinski definition) is 4. The molecule has 4 aliphatic rings. The highest BCUT2D eigenvalue weighted by atomic mass is 16.5. The van der Waals surface area contributed by atoms with Crippen molar-refractivity contribution in [3.63, 3.8) is 0 Å². The third-order valence-corrected chi connectivity index (χ3v) is 5.87. The summed E-state index contributed by atoms with van der Waals surface area (Å²) in [6.45, 7) is 8.51. The van der Waals surface area contributed by atoms with E-state index >= 15 is 0 Å². The largest absolute Gasteiger partial charge is 0.375 e. The molecule has 0 amide bonds. The smallest absolute Gasteiger partial charge is 0.0697 e. The molecule has 19 heavy (non-hydrogen) atoms. The standard InChI is InChI=1S/C15H27N3O/c1-3-15(4-1)10-13(2-9-19-15)17-5-7-18(8-6-17)14-11-16-12-14/h13-14,16H,1-12H2. The number of piperazine rings is 1. The summed E-state index contributed by atoms with van der Waals surface area (Å²) in [6, 6.07) is 1.63. The van der Waals surface area contributed by atoms with Crippen molar-refractivity contribution in [1.82, 2.24) is 15.1 Å². The molecule has 4 heteroatoms. The topological polar surface area (TPSA) is 27.7 Å². The Balaban J connectivity index is 1.30. The highest BCUT2D eigenvalue weighted by molar-refractivity contribution is 4.98. The van der Waals surface area contributed by atoms with Crippen molar-refractivity contribution in [3.8, 4) is 0 Å². The lowest BCUT2D eigenvalue weighted by atomic mass is 9.73. The molecule has 3 saturated heterocycles. The van der Waals surface area contributed by atoms with Crippen molar-refractivity contribution in [2.24, 2.45) is 0 Å². The van der Waals surface area contributed by atoms with E-state index in [0.717, 1.165) is 18.7 Å². The van der Waals surface area contributed by atoms with E-state index in [1.54, 1.807) is 0 Å². The monoisotopic (exact) mass is 265 g/mol. The van der Waals surface area contributed by atoms with Gasteiger partial charge < -0.3 is 10.1 Å². The van der Waals surface area contributed by atoms with Gasteiger partial charge in [-0.3, -0.25) is 9.80 Å². The Hall–Kier alpha value is -0.160. The fourth-order valence-corrected chi connectivity index (χ4v) is 4.23. The summed E-state index contributed by atoms with van der Waals surface area (Å²) >= 11 is 0. The Labute approximate surface area is 116 Å². The zero-order valence-electron chi connectivity index (χ0n) is 11.9. The quantitative estimate of drug-likeness (QED) is 0.794. The van der Waals surface area contributed by atoms with Crippen LogP contribution in [0.1, 0.15) is 32.1 Å². The van der Waals surface area contributed by atoms with Gasteiger partial charge >= 0.3 is 0 Å². The lowest BCUT2D eigenvalue weighted by Gasteiger charge is -2.51. The molecule has 0 aromatic heterocycles. The van der Waals surface area contributed by atoms with Crippen molar-refractivity contribution in [3.05, 3.63) is 0 Å². The van der Waals surface area contributed by atoms with Crippen LogP contribution in [0.15, 0.2) is 0 Å². The van der Waals surface area contributed by atoms with Crippen LogP contribution in [0.2, 0.25) is 0 Å². The van der Waals surface area contributed by atoms with Crippen LogP contribution in [0.3, 0.4) is 0 Å². The molecule has 0 aromatic carbocycles. The Morgan fingerprint density at radius 2 is 1.63 bits per heavy atom. The maximum atomic E-state index is 6.06. The van der Waals surface area contributed by atoms with Gasteiger partial charge in [-0.05, 0) is 32.1 Å². The van der Waals surface area contributed by atoms with Gasteiger partial charge in [0.05, 0.1) is 5.60 Å². The Kier molecular flexibility index (Phi) is 3.30. The molecular weight excluding hydrogens is 238 g/mol. The van der Waals surface area contributed by atoms with E-state index in [0.29, 0.717) is 5.60 Å². The summed E-state index contributed by atoms with van der Waals surface area (Å²) in [5.41, 5.74) is 0.304. The predicted octanol–water partition coefficient (Wildman–Crippen LogP) is 0.678. The highest BCUT2D eigenvalue weighted by Crippen LogP contribution is 2.43. The third-order valence-electron chi connectivity index (χ3n) is 5.87. The SMILES string of the molecule is C1CC2(C1)CC(N1CCN(C3CNC3)CC1)CCO2. The summed E-state index contributed by atoms with van der Waals surface area (Å²) < 4.78 is 6.06. The van der Waals surface area contributed by atoms with Gasteiger partial charge in [0.15, 0.2) is 0 Å². The molecule has 108 valence electrons. The maximum Gasteiger partial charge on any atom is 0.0697 e. The van der Waals surface area contributed by atoms with Crippen LogP contribution < -0.4 is 5.32 Å². The van der Waals surface area contributed by atoms with E-state index in [1.165, 1.54) is 71.4 Å². The van der Waals surface area contributed by atoms with Crippen molar-refractivity contribution in [1.29, 1.82) is 0 Å². The summed E-state index contributed by atoms with van der Waals surface area (Å²) in [4.78, 5) is 5.44. The summed E-state index contributed by atoms with van der Waals surface area (Å²) in [5, 5.41) is 3.39. The zero-order valence-corrected chi connectivity index (χ0v) is 11.9. The lowest BCUT2D eigenvalue weighted by Crippen LogP contribution is -2.63. The fraction of sp³-hybridized carbons (Fsp3) is 1.00. The Morgan fingerprint density at radius 3 is 2.16 bits per heavy atom. The van der Waals surface area contributed by atoms with Gasteiger partial charge in [0.1, 0.15) is 0 Å². The van der Waals surface area contributed by atoms with Gasteiger partial charge in [-0.15, -0.1) is 0 Å². The number of nitrogens with one attached hydrogen (secondary N) is 1. The summed E-state index contributed by atoms with van der Waals surface area (Å²) in [7, 11) is 0. The normalized spacial score (nSPS) is 36.9. The molecule has 1 saturated carbocycles. The van der Waals surface area contributed by atoms with Gasteiger partial charge in [0.25, 0.3) is 0 Å². The van der Waals surface area contributed by atoms with Crippen molar-refractivity contribution in [2.45, 2.75) is 49.8 Å². The van der Waals surface area contributed by atoms with Crippen LogP contribution >= 0.6 is 0 Å². The third kappa shape index (κ3) is 2.33. The second-order valence-corrected chi connectivity index (χ2v) is 6.92. The van der Waals surface area contributed by atoms with E-state index in [4.69, 9.17) is 4.74 Å². The van der Waals surface area contributed by atoms with Crippen molar-refractivity contribution >= 4 is 0 Å². The van der Waals surface area contributed by atoms with E-state index in [-0.39, 0.29) is 0 Å². The van der Waals surface area contributed by atoms with E-state index in [1.807, 2.05) is 0 Å². The van der Waals surface area contributed by atoms with Crippen LogP contribution in [0.4, 0.5) is 0 Å². The lowest BCUT2D eigenvalue weighted by molar-refractivity contribution is -0.151. The molecule has 4 rings (SSSR count). The first-order chi connectivity index (χ1) is 9.35. The van der Waals surface area contributed by atoms with E-state index < -0.39 is 0 Å².